The van der Waals surface area contributed by atoms with Crippen molar-refractivity contribution < 1.29 is 9.90 Å². The van der Waals surface area contributed by atoms with Gasteiger partial charge in [0.15, 0.2) is 0 Å². The quantitative estimate of drug-likeness (QED) is 0.359. The summed E-state index contributed by atoms with van der Waals surface area (Å²) in [5.41, 5.74) is 9.62. The molecule has 3 aromatic heterocycles. The maximum atomic E-state index is 11.2. The smallest absolute Gasteiger partial charge is 0.231 e. The number of β-amino-alcohol motifs (C(OH)–C–C–N with tert-alkyl or cyclic N) is 1. The number of aliphatic hydroxyl groups is 1. The number of likely N-dealkylation sites (tertiary alicyclic amines) is 1. The molecule has 0 spiro atoms. The number of nitrogens with two attached hydrogens (primary N) is 1. The average molecular weight is 503 g/mol. The van der Waals surface area contributed by atoms with Crippen LogP contribution in [0.5, 0.6) is 0 Å². The molecule has 2 atom stereocenters. The van der Waals surface area contributed by atoms with Crippen LogP contribution in [-0.2, 0) is 24.9 Å². The maximum absolute atomic E-state index is 11.2. The minimum absolute atomic E-state index is 0.0822. The number of nitrogens with zero attached hydrogens (tertiary/aromatic N) is 7. The summed E-state index contributed by atoms with van der Waals surface area (Å²) in [7, 11) is 1.92. The lowest BCUT2D eigenvalue weighted by Crippen LogP contribution is -2.47. The van der Waals surface area contributed by atoms with E-state index in [1.54, 1.807) is 6.33 Å². The molecule has 3 N–H and O–H groups in total. The maximum Gasteiger partial charge on any atom is 0.231 e. The summed E-state index contributed by atoms with van der Waals surface area (Å²) in [6.07, 6.45) is 7.81. The number of primary amides is 1. The average Bonchev–Trinajstić information content (AvgIpc) is 3.50. The van der Waals surface area contributed by atoms with Crippen LogP contribution < -0.4 is 10.6 Å². The summed E-state index contributed by atoms with van der Waals surface area (Å²) in [6.45, 7) is 5.71. The molecule has 1 amide bonds. The van der Waals surface area contributed by atoms with Gasteiger partial charge in [-0.25, -0.2) is 9.97 Å². The van der Waals surface area contributed by atoms with Gasteiger partial charge in [-0.15, -0.1) is 0 Å². The zero-order valence-corrected chi connectivity index (χ0v) is 21.4. The second-order valence-electron chi connectivity index (χ2n) is 9.83. The van der Waals surface area contributed by atoms with Gasteiger partial charge in [-0.3, -0.25) is 14.4 Å². The monoisotopic (exact) mass is 502 g/mol. The highest BCUT2D eigenvalue weighted by molar-refractivity contribution is 5.87. The molecule has 1 saturated heterocycles. The number of anilines is 1. The van der Waals surface area contributed by atoms with E-state index in [1.165, 1.54) is 5.56 Å². The molecule has 4 aromatic rings. The number of rotatable bonds is 9. The van der Waals surface area contributed by atoms with Gasteiger partial charge in [0.05, 0.1) is 24.2 Å². The van der Waals surface area contributed by atoms with Crippen LogP contribution in [0.3, 0.4) is 0 Å². The number of fused-ring (bicyclic) bond motifs is 1. The van der Waals surface area contributed by atoms with E-state index < -0.39 is 6.10 Å². The van der Waals surface area contributed by atoms with Crippen LogP contribution in [0.25, 0.3) is 22.2 Å². The molecular weight excluding hydrogens is 468 g/mol. The highest BCUT2D eigenvalue weighted by Gasteiger charge is 2.29. The number of hydrogen-bond donors (Lipinski definition) is 2. The third kappa shape index (κ3) is 5.50. The Morgan fingerprint density at radius 2 is 2.00 bits per heavy atom. The molecule has 0 aliphatic carbocycles. The molecule has 0 bridgehead atoms. The summed E-state index contributed by atoms with van der Waals surface area (Å²) in [4.78, 5) is 24.6. The molecule has 10 heteroatoms. The predicted molar refractivity (Wildman–Crippen MR) is 143 cm³/mol. The molecule has 0 saturated carbocycles. The number of hydrogen-bond acceptors (Lipinski definition) is 7. The lowest BCUT2D eigenvalue weighted by atomic mass is 9.93. The van der Waals surface area contributed by atoms with Gasteiger partial charge in [0.25, 0.3) is 0 Å². The van der Waals surface area contributed by atoms with E-state index in [1.807, 2.05) is 35.2 Å². The second-order valence-corrected chi connectivity index (χ2v) is 9.83. The normalized spacial score (nSPS) is 18.4. The van der Waals surface area contributed by atoms with E-state index >= 15 is 0 Å². The molecule has 0 radical (unpaired) electrons. The van der Waals surface area contributed by atoms with E-state index in [9.17, 15) is 9.90 Å². The fourth-order valence-corrected chi connectivity index (χ4v) is 5.19. The number of amides is 1. The first-order chi connectivity index (χ1) is 17.9. The van der Waals surface area contributed by atoms with E-state index in [-0.39, 0.29) is 18.4 Å². The SMILES string of the molecule is CCN(Cc1ccc(-c2cnn(C)c2)cc1)c1ncnc2c1ccn2C[C@H]1CCN(CC(N)=O)C[C@@H]1O. The highest BCUT2D eigenvalue weighted by Crippen LogP contribution is 2.28. The molecule has 1 aromatic carbocycles. The van der Waals surface area contributed by atoms with E-state index in [2.05, 4.69) is 61.8 Å². The van der Waals surface area contributed by atoms with Crippen LogP contribution in [0.2, 0.25) is 0 Å². The van der Waals surface area contributed by atoms with E-state index in [0.717, 1.165) is 54.0 Å². The molecular formula is C27H34N8O2. The van der Waals surface area contributed by atoms with Crippen LogP contribution in [-0.4, -0.2) is 72.5 Å². The number of benzene rings is 1. The van der Waals surface area contributed by atoms with Crippen molar-refractivity contribution in [3.05, 3.63) is 60.8 Å². The fourth-order valence-electron chi connectivity index (χ4n) is 5.19. The summed E-state index contributed by atoms with van der Waals surface area (Å²) < 4.78 is 3.91. The Labute approximate surface area is 216 Å². The third-order valence-electron chi connectivity index (χ3n) is 7.20. The molecule has 37 heavy (non-hydrogen) atoms. The van der Waals surface area contributed by atoms with Gasteiger partial charge in [0.2, 0.25) is 5.91 Å². The van der Waals surface area contributed by atoms with Gasteiger partial charge in [-0.05, 0) is 37.1 Å². The number of carbonyl (C=O) groups excluding carboxylic acids is 1. The van der Waals surface area contributed by atoms with E-state index in [4.69, 9.17) is 5.73 Å². The number of piperidine rings is 1. The van der Waals surface area contributed by atoms with E-state index in [0.29, 0.717) is 13.1 Å². The summed E-state index contributed by atoms with van der Waals surface area (Å²) in [6, 6.07) is 10.6. The van der Waals surface area contributed by atoms with Crippen LogP contribution in [0.15, 0.2) is 55.2 Å². The molecule has 4 heterocycles. The topological polar surface area (TPSA) is 118 Å². The fraction of sp³-hybridized carbons (Fsp3) is 0.407. The molecule has 1 aliphatic heterocycles. The van der Waals surface area contributed by atoms with Crippen molar-refractivity contribution in [2.75, 3.05) is 31.1 Å². The van der Waals surface area contributed by atoms with Crippen molar-refractivity contribution in [3.63, 3.8) is 0 Å². The summed E-state index contributed by atoms with van der Waals surface area (Å²) in [5, 5.41) is 16.0. The predicted octanol–water partition coefficient (Wildman–Crippen LogP) is 2.03. The van der Waals surface area contributed by atoms with Crippen molar-refractivity contribution in [1.82, 2.24) is 29.2 Å². The van der Waals surface area contributed by atoms with Gasteiger partial charge in [-0.1, -0.05) is 24.3 Å². The standard InChI is InChI=1S/C27H34N8O2/c1-3-34(13-19-4-6-20(7-5-19)22-12-31-32(2)14-22)26-23-9-11-35(27(23)30-18-29-26)15-21-8-10-33(16-24(21)36)17-25(28)37/h4-7,9,11-12,14,18,21,24,36H,3,8,10,13,15-17H2,1-2H3,(H2,28,37)/t21-,24+/m1/s1. The zero-order valence-electron chi connectivity index (χ0n) is 21.4. The molecule has 10 nitrogen and oxygen atoms in total. The second kappa shape index (κ2) is 10.7. The number of carbonyl (C=O) groups is 1. The first-order valence-electron chi connectivity index (χ1n) is 12.7. The third-order valence-corrected chi connectivity index (χ3v) is 7.20. The van der Waals surface area contributed by atoms with Crippen molar-refractivity contribution in [1.29, 1.82) is 0 Å². The Bertz CT molecular complexity index is 1360. The largest absolute Gasteiger partial charge is 0.391 e. The molecule has 1 aliphatic rings. The van der Waals surface area contributed by atoms with Crippen molar-refractivity contribution in [2.24, 2.45) is 18.7 Å². The number of aryl methyl sites for hydroxylation is 1. The Morgan fingerprint density at radius 3 is 2.68 bits per heavy atom. The van der Waals surface area contributed by atoms with Gasteiger partial charge < -0.3 is 20.3 Å². The number of aliphatic hydroxyl groups excluding tert-OH is 1. The van der Waals surface area contributed by atoms with Gasteiger partial charge in [0.1, 0.15) is 17.8 Å². The van der Waals surface area contributed by atoms with Gasteiger partial charge in [-0.2, -0.15) is 5.10 Å². The Balaban J connectivity index is 1.31. The first-order valence-corrected chi connectivity index (χ1v) is 12.7. The van der Waals surface area contributed by atoms with Crippen LogP contribution >= 0.6 is 0 Å². The Kier molecular flexibility index (Phi) is 7.20. The van der Waals surface area contributed by atoms with Crippen LogP contribution in [0.4, 0.5) is 5.82 Å². The molecule has 194 valence electrons. The lowest BCUT2D eigenvalue weighted by molar-refractivity contribution is -0.120. The number of aromatic nitrogens is 5. The summed E-state index contributed by atoms with van der Waals surface area (Å²) >= 11 is 0. The minimum atomic E-state index is -0.520. The molecule has 5 rings (SSSR count). The van der Waals surface area contributed by atoms with Crippen molar-refractivity contribution in [2.45, 2.75) is 32.5 Å². The Hall–Kier alpha value is -3.76. The zero-order chi connectivity index (χ0) is 25.9. The van der Waals surface area contributed by atoms with Gasteiger partial charge >= 0.3 is 0 Å². The first kappa shape index (κ1) is 24.9. The molecule has 0 unspecified atom stereocenters. The van der Waals surface area contributed by atoms with Crippen LogP contribution in [0, 0.1) is 5.92 Å². The van der Waals surface area contributed by atoms with Crippen molar-refractivity contribution in [3.8, 4) is 11.1 Å². The lowest BCUT2D eigenvalue weighted by Gasteiger charge is -2.35. The minimum Gasteiger partial charge on any atom is -0.391 e. The molecule has 1 fully saturated rings. The van der Waals surface area contributed by atoms with Gasteiger partial charge in [0, 0.05) is 57.1 Å². The highest BCUT2D eigenvalue weighted by atomic mass is 16.3. The van der Waals surface area contributed by atoms with Crippen LogP contribution in [0.1, 0.15) is 18.9 Å². The van der Waals surface area contributed by atoms with Crippen molar-refractivity contribution >= 4 is 22.8 Å². The summed E-state index contributed by atoms with van der Waals surface area (Å²) in [5.74, 6) is 0.620. The Morgan fingerprint density at radius 1 is 1.19 bits per heavy atom.